The van der Waals surface area contributed by atoms with Crippen molar-refractivity contribution in [1.29, 1.82) is 0 Å². The SMILES string of the molecule is C/C=C\CC(C)c1cc(C(C)(C)C)c(OC)c(C(C)(C)C)c1. The number of rotatable bonds is 4. The van der Waals surface area contributed by atoms with Crippen LogP contribution in [0.25, 0.3) is 0 Å². The fraction of sp³-hybridized carbons (Fsp3) is 0.619. The molecule has 1 aromatic rings. The Bertz CT molecular complexity index is 489. The maximum atomic E-state index is 5.83. The molecule has 1 unspecified atom stereocenters. The van der Waals surface area contributed by atoms with Crippen molar-refractivity contribution in [2.24, 2.45) is 0 Å². The summed E-state index contributed by atoms with van der Waals surface area (Å²) in [7, 11) is 1.79. The van der Waals surface area contributed by atoms with Gasteiger partial charge in [-0.3, -0.25) is 0 Å². The molecule has 22 heavy (non-hydrogen) atoms. The molecule has 0 aromatic heterocycles. The van der Waals surface area contributed by atoms with E-state index in [0.29, 0.717) is 5.92 Å². The molecule has 0 aliphatic heterocycles. The van der Waals surface area contributed by atoms with Crippen LogP contribution in [0, 0.1) is 0 Å². The van der Waals surface area contributed by atoms with E-state index >= 15 is 0 Å². The van der Waals surface area contributed by atoms with Gasteiger partial charge in [0, 0.05) is 11.1 Å². The van der Waals surface area contributed by atoms with E-state index < -0.39 is 0 Å². The highest BCUT2D eigenvalue weighted by molar-refractivity contribution is 5.51. The summed E-state index contributed by atoms with van der Waals surface area (Å²) in [6.45, 7) is 18.0. The van der Waals surface area contributed by atoms with Gasteiger partial charge >= 0.3 is 0 Å². The Morgan fingerprint density at radius 3 is 1.77 bits per heavy atom. The number of hydrogen-bond acceptors (Lipinski definition) is 1. The molecule has 0 N–H and O–H groups in total. The maximum absolute atomic E-state index is 5.83. The Morgan fingerprint density at radius 2 is 1.45 bits per heavy atom. The maximum Gasteiger partial charge on any atom is 0.126 e. The highest BCUT2D eigenvalue weighted by Crippen LogP contribution is 2.42. The van der Waals surface area contributed by atoms with Crippen molar-refractivity contribution < 1.29 is 4.74 Å². The van der Waals surface area contributed by atoms with Crippen molar-refractivity contribution in [2.75, 3.05) is 7.11 Å². The van der Waals surface area contributed by atoms with Crippen LogP contribution in [-0.2, 0) is 10.8 Å². The number of ether oxygens (including phenoxy) is 1. The fourth-order valence-electron chi connectivity index (χ4n) is 2.75. The Balaban J connectivity index is 3.56. The van der Waals surface area contributed by atoms with Crippen LogP contribution >= 0.6 is 0 Å². The van der Waals surface area contributed by atoms with Crippen molar-refractivity contribution in [3.05, 3.63) is 41.0 Å². The number of benzene rings is 1. The summed E-state index contributed by atoms with van der Waals surface area (Å²) in [5.74, 6) is 1.58. The minimum Gasteiger partial charge on any atom is -0.496 e. The van der Waals surface area contributed by atoms with Crippen molar-refractivity contribution in [3.8, 4) is 5.75 Å². The standard InChI is InChI=1S/C21H34O/c1-10-11-12-15(2)16-13-17(20(3,4)5)19(22-9)18(14-16)21(6,7)8/h10-11,13-15H,12H2,1-9H3/b11-10-. The second kappa shape index (κ2) is 6.89. The van der Waals surface area contributed by atoms with Gasteiger partial charge in [0.1, 0.15) is 5.75 Å². The lowest BCUT2D eigenvalue weighted by atomic mass is 9.77. The van der Waals surface area contributed by atoms with E-state index in [0.717, 1.165) is 12.2 Å². The van der Waals surface area contributed by atoms with Gasteiger partial charge in [-0.2, -0.15) is 0 Å². The minimum absolute atomic E-state index is 0.0711. The van der Waals surface area contributed by atoms with Gasteiger partial charge in [-0.05, 0) is 35.7 Å². The first-order valence-electron chi connectivity index (χ1n) is 8.36. The topological polar surface area (TPSA) is 9.23 Å². The summed E-state index contributed by atoms with van der Waals surface area (Å²) in [6.07, 6.45) is 5.47. The van der Waals surface area contributed by atoms with E-state index in [9.17, 15) is 0 Å². The molecule has 1 heteroatoms. The molecular weight excluding hydrogens is 268 g/mol. The van der Waals surface area contributed by atoms with Crippen molar-refractivity contribution >= 4 is 0 Å². The molecule has 0 heterocycles. The van der Waals surface area contributed by atoms with E-state index in [2.05, 4.69) is 79.7 Å². The van der Waals surface area contributed by atoms with Crippen LogP contribution < -0.4 is 4.74 Å². The average Bonchev–Trinajstić information content (AvgIpc) is 2.41. The number of hydrogen-bond donors (Lipinski definition) is 0. The van der Waals surface area contributed by atoms with E-state index in [1.807, 2.05) is 0 Å². The number of methoxy groups -OCH3 is 1. The normalized spacial score (nSPS) is 14.4. The first-order valence-corrected chi connectivity index (χ1v) is 8.36. The summed E-state index contributed by atoms with van der Waals surface area (Å²) >= 11 is 0. The van der Waals surface area contributed by atoms with Gasteiger partial charge in [0.25, 0.3) is 0 Å². The third-order valence-electron chi connectivity index (χ3n) is 4.23. The fourth-order valence-corrected chi connectivity index (χ4v) is 2.75. The highest BCUT2D eigenvalue weighted by atomic mass is 16.5. The monoisotopic (exact) mass is 302 g/mol. The lowest BCUT2D eigenvalue weighted by molar-refractivity contribution is 0.381. The van der Waals surface area contributed by atoms with Gasteiger partial charge < -0.3 is 4.74 Å². The van der Waals surface area contributed by atoms with E-state index in [1.165, 1.54) is 16.7 Å². The molecule has 0 spiro atoms. The smallest absolute Gasteiger partial charge is 0.126 e. The molecule has 0 aliphatic carbocycles. The van der Waals surface area contributed by atoms with Gasteiger partial charge in [-0.1, -0.05) is 72.8 Å². The predicted octanol–water partition coefficient (Wildman–Crippen LogP) is 6.36. The van der Waals surface area contributed by atoms with Crippen LogP contribution in [0.5, 0.6) is 5.75 Å². The van der Waals surface area contributed by atoms with Crippen LogP contribution in [0.3, 0.4) is 0 Å². The summed E-state index contributed by atoms with van der Waals surface area (Å²) in [6, 6.07) is 4.70. The van der Waals surface area contributed by atoms with Crippen molar-refractivity contribution in [3.63, 3.8) is 0 Å². The van der Waals surface area contributed by atoms with E-state index in [-0.39, 0.29) is 10.8 Å². The summed E-state index contributed by atoms with van der Waals surface area (Å²) in [5, 5.41) is 0. The van der Waals surface area contributed by atoms with Crippen LogP contribution in [0.2, 0.25) is 0 Å². The Morgan fingerprint density at radius 1 is 1.00 bits per heavy atom. The minimum atomic E-state index is 0.0711. The Labute approximate surface area is 137 Å². The molecular formula is C21H34O. The highest BCUT2D eigenvalue weighted by Gasteiger charge is 2.28. The van der Waals surface area contributed by atoms with E-state index in [4.69, 9.17) is 4.74 Å². The molecule has 0 saturated heterocycles. The van der Waals surface area contributed by atoms with Gasteiger partial charge in [-0.15, -0.1) is 0 Å². The molecule has 1 aromatic carbocycles. The Hall–Kier alpha value is -1.24. The lowest BCUT2D eigenvalue weighted by Crippen LogP contribution is -2.20. The van der Waals surface area contributed by atoms with Gasteiger partial charge in [-0.25, -0.2) is 0 Å². The third kappa shape index (κ3) is 4.38. The summed E-state index contributed by atoms with van der Waals surface area (Å²) in [5.41, 5.74) is 4.17. The zero-order valence-corrected chi connectivity index (χ0v) is 16.0. The molecule has 0 saturated carbocycles. The molecule has 0 radical (unpaired) electrons. The number of allylic oxidation sites excluding steroid dienone is 2. The zero-order valence-electron chi connectivity index (χ0n) is 16.0. The molecule has 0 amide bonds. The van der Waals surface area contributed by atoms with Crippen LogP contribution in [0.4, 0.5) is 0 Å². The first-order chi connectivity index (χ1) is 10.0. The van der Waals surface area contributed by atoms with Crippen LogP contribution in [0.15, 0.2) is 24.3 Å². The molecule has 0 bridgehead atoms. The lowest BCUT2D eigenvalue weighted by Gasteiger charge is -2.31. The van der Waals surface area contributed by atoms with Crippen LogP contribution in [0.1, 0.15) is 84.4 Å². The molecule has 1 nitrogen and oxygen atoms in total. The van der Waals surface area contributed by atoms with E-state index in [1.54, 1.807) is 7.11 Å². The van der Waals surface area contributed by atoms with Gasteiger partial charge in [0.15, 0.2) is 0 Å². The molecule has 124 valence electrons. The summed E-state index contributed by atoms with van der Waals surface area (Å²) in [4.78, 5) is 0. The molecule has 0 fully saturated rings. The largest absolute Gasteiger partial charge is 0.496 e. The molecule has 1 rings (SSSR count). The molecule has 1 atom stereocenters. The van der Waals surface area contributed by atoms with Gasteiger partial charge in [0.2, 0.25) is 0 Å². The predicted molar refractivity (Wildman–Crippen MR) is 98.2 cm³/mol. The second-order valence-corrected chi connectivity index (χ2v) is 8.36. The molecule has 0 aliphatic rings. The van der Waals surface area contributed by atoms with Gasteiger partial charge in [0.05, 0.1) is 7.11 Å². The van der Waals surface area contributed by atoms with Crippen LogP contribution in [-0.4, -0.2) is 7.11 Å². The zero-order chi connectivity index (χ0) is 17.1. The third-order valence-corrected chi connectivity index (χ3v) is 4.23. The first kappa shape index (κ1) is 18.8. The van der Waals surface area contributed by atoms with Crippen molar-refractivity contribution in [1.82, 2.24) is 0 Å². The second-order valence-electron chi connectivity index (χ2n) is 8.36. The Kier molecular flexibility index (Phi) is 5.89. The quantitative estimate of drug-likeness (QED) is 0.588. The average molecular weight is 303 g/mol. The van der Waals surface area contributed by atoms with Crippen molar-refractivity contribution in [2.45, 2.75) is 78.6 Å². The summed E-state index contributed by atoms with van der Waals surface area (Å²) < 4.78 is 5.83.